The summed E-state index contributed by atoms with van der Waals surface area (Å²) in [5, 5.41) is 0.782. The molecule has 8 aromatic rings. The van der Waals surface area contributed by atoms with Crippen LogP contribution < -0.4 is 9.47 Å². The topological polar surface area (TPSA) is 108 Å². The van der Waals surface area contributed by atoms with E-state index in [1.54, 1.807) is 22.7 Å². The van der Waals surface area contributed by atoms with Crippen molar-refractivity contribution in [1.29, 1.82) is 0 Å². The van der Waals surface area contributed by atoms with Gasteiger partial charge in [0.1, 0.15) is 64.0 Å². The van der Waals surface area contributed by atoms with E-state index in [-0.39, 0.29) is 7.43 Å². The molecule has 0 spiro atoms. The summed E-state index contributed by atoms with van der Waals surface area (Å²) < 4.78 is 13.2. The molecule has 0 saturated heterocycles. The van der Waals surface area contributed by atoms with Crippen LogP contribution in [0, 0.1) is 0 Å². The second-order valence-electron chi connectivity index (χ2n) is 11.3. The van der Waals surface area contributed by atoms with E-state index in [1.165, 1.54) is 7.41 Å². The van der Waals surface area contributed by atoms with Crippen molar-refractivity contribution in [3.8, 4) is 34.3 Å². The third-order valence-corrected chi connectivity index (χ3v) is 8.18. The zero-order chi connectivity index (χ0) is 35.0. The van der Waals surface area contributed by atoms with Crippen molar-refractivity contribution < 1.29 is 14.3 Å². The van der Waals surface area contributed by atoms with Crippen molar-refractivity contribution in [2.45, 2.75) is 20.6 Å². The molecule has 0 aliphatic carbocycles. The Morgan fingerprint density at radius 2 is 1.19 bits per heavy atom. The first-order valence-electron chi connectivity index (χ1n) is 15.9. The Morgan fingerprint density at radius 1 is 0.635 bits per heavy atom. The highest BCUT2D eigenvalue weighted by molar-refractivity contribution is 6.66. The number of benzene rings is 4. The lowest BCUT2D eigenvalue weighted by Gasteiger charge is -2.08. The molecule has 0 unspecified atom stereocenters. The highest BCUT2D eigenvalue weighted by Crippen LogP contribution is 2.27. The van der Waals surface area contributed by atoms with E-state index in [4.69, 9.17) is 32.7 Å². The molecule has 1 radical (unpaired) electrons. The van der Waals surface area contributed by atoms with Crippen molar-refractivity contribution >= 4 is 59.1 Å². The third-order valence-electron chi connectivity index (χ3n) is 7.76. The highest BCUT2D eigenvalue weighted by atomic mass is 35.5. The van der Waals surface area contributed by atoms with Gasteiger partial charge in [0.25, 0.3) is 0 Å². The molecule has 4 heterocycles. The van der Waals surface area contributed by atoms with Crippen LogP contribution in [0.5, 0.6) is 11.5 Å². The number of fused-ring (bicyclic) bond motifs is 2. The molecule has 0 amide bonds. The van der Waals surface area contributed by atoms with E-state index in [0.29, 0.717) is 52.3 Å². The van der Waals surface area contributed by atoms with E-state index in [9.17, 15) is 4.79 Å². The number of nitrogens with zero attached hydrogens (tertiary/aromatic N) is 5. The molecule has 4 aromatic heterocycles. The molecular formula is C40H32BCl2N6O3. The number of halogens is 2. The maximum Gasteiger partial charge on any atom is 0.337 e. The summed E-state index contributed by atoms with van der Waals surface area (Å²) in [7, 11) is 1.38. The molecule has 52 heavy (non-hydrogen) atoms. The molecule has 12 heteroatoms. The Morgan fingerprint density at radius 3 is 1.79 bits per heavy atom. The second-order valence-corrected chi connectivity index (χ2v) is 12.0. The van der Waals surface area contributed by atoms with Gasteiger partial charge in [0.05, 0.1) is 5.52 Å². The van der Waals surface area contributed by atoms with Gasteiger partial charge in [-0.15, -0.1) is 0 Å². The average molecular weight is 726 g/mol. The lowest BCUT2D eigenvalue weighted by molar-refractivity contribution is 0.306. The minimum Gasteiger partial charge on any atom is -0.489 e. The molecule has 9 nitrogen and oxygen atoms in total. The molecule has 0 saturated carbocycles. The van der Waals surface area contributed by atoms with Gasteiger partial charge in [0, 0.05) is 11.1 Å². The largest absolute Gasteiger partial charge is 0.489 e. The van der Waals surface area contributed by atoms with Crippen molar-refractivity contribution in [2.24, 2.45) is 0 Å². The number of imidazole rings is 2. The quantitative estimate of drug-likeness (QED) is 0.0850. The molecule has 4 aromatic carbocycles. The van der Waals surface area contributed by atoms with Gasteiger partial charge in [0.2, 0.25) is 0 Å². The molecule has 0 atom stereocenters. The number of aromatic nitrogens is 6. The fraction of sp³-hybridized carbons (Fsp3) is 0.0750. The lowest BCUT2D eigenvalue weighted by Crippen LogP contribution is -2.10. The molecule has 0 aliphatic heterocycles. The number of carbonyl (C=O) groups is 1. The summed E-state index contributed by atoms with van der Waals surface area (Å²) in [6, 6.07) is 42.5. The Kier molecular flexibility index (Phi) is 11.6. The first-order chi connectivity index (χ1) is 25.0. The number of H-pyrrole nitrogens is 1. The van der Waals surface area contributed by atoms with E-state index in [0.717, 1.165) is 45.1 Å². The summed E-state index contributed by atoms with van der Waals surface area (Å²) >= 11 is 11.9. The second kappa shape index (κ2) is 16.8. The summed E-state index contributed by atoms with van der Waals surface area (Å²) in [6.45, 7) is 1.05. The third kappa shape index (κ3) is 8.66. The van der Waals surface area contributed by atoms with Crippen molar-refractivity contribution in [3.63, 3.8) is 0 Å². The van der Waals surface area contributed by atoms with Crippen molar-refractivity contribution in [1.82, 2.24) is 29.4 Å². The van der Waals surface area contributed by atoms with Crippen LogP contribution in [0.15, 0.2) is 133 Å². The standard InChI is InChI=1S/C20H14BClN3O2.C19H14ClN3O.CH4/c22-18-11-10-17-20(24-18)25(21-13-26)19(23-17)15-6-8-16(9-7-15)27-12-14-4-2-1-3-5-14;20-17-11-10-16-19(22-17)23-18(21-16)14-6-8-15(9-7-14)24-12-13-4-2-1-3-5-13;/h1-11,13H,12H2;1-11H,12H2,(H,21,22,23);1H4. The van der Waals surface area contributed by atoms with Crippen LogP contribution in [-0.4, -0.2) is 43.0 Å². The smallest absolute Gasteiger partial charge is 0.337 e. The zero-order valence-electron chi connectivity index (χ0n) is 27.0. The predicted molar refractivity (Wildman–Crippen MR) is 208 cm³/mol. The Hall–Kier alpha value is -5.97. The predicted octanol–water partition coefficient (Wildman–Crippen LogP) is 9.48. The number of ether oxygens (including phenoxy) is 2. The molecule has 1 N–H and O–H groups in total. The first-order valence-corrected chi connectivity index (χ1v) is 16.7. The van der Waals surface area contributed by atoms with E-state index >= 15 is 0 Å². The molecule has 0 bridgehead atoms. The van der Waals surface area contributed by atoms with Crippen LogP contribution in [0.1, 0.15) is 18.6 Å². The normalized spacial score (nSPS) is 10.6. The fourth-order valence-corrected chi connectivity index (χ4v) is 5.54. The van der Waals surface area contributed by atoms with Crippen LogP contribution in [0.2, 0.25) is 10.3 Å². The van der Waals surface area contributed by atoms with E-state index < -0.39 is 0 Å². The number of hydrogen-bond acceptors (Lipinski definition) is 7. The van der Waals surface area contributed by atoms with Gasteiger partial charge < -0.3 is 23.7 Å². The number of carbonyl (C=O) groups excluding carboxylic acids is 1. The van der Waals surface area contributed by atoms with Crippen LogP contribution in [-0.2, 0) is 18.0 Å². The maximum atomic E-state index is 11.1. The zero-order valence-corrected chi connectivity index (χ0v) is 28.5. The van der Waals surface area contributed by atoms with Crippen LogP contribution in [0.25, 0.3) is 45.1 Å². The summed E-state index contributed by atoms with van der Waals surface area (Å²) in [5.74, 6) is 2.95. The van der Waals surface area contributed by atoms with Gasteiger partial charge in [0.15, 0.2) is 5.65 Å². The van der Waals surface area contributed by atoms with Gasteiger partial charge >= 0.3 is 7.41 Å². The monoisotopic (exact) mass is 725 g/mol. The minimum atomic E-state index is 0. The highest BCUT2D eigenvalue weighted by Gasteiger charge is 2.15. The average Bonchev–Trinajstić information content (AvgIpc) is 3.76. The van der Waals surface area contributed by atoms with Gasteiger partial charge in [-0.25, -0.2) is 19.9 Å². The van der Waals surface area contributed by atoms with Crippen molar-refractivity contribution in [2.75, 3.05) is 0 Å². The first kappa shape index (κ1) is 35.8. The Labute approximate surface area is 311 Å². The van der Waals surface area contributed by atoms with E-state index in [1.807, 2.05) is 115 Å². The number of rotatable bonds is 10. The molecule has 0 aliphatic rings. The SMILES string of the molecule is C.Clc1ccc2[nH]c(-c3ccc(OCc4ccccc4)cc3)nc2n1.O=C[B]n1c(-c2ccc(OCc3ccccc3)cc2)nc2ccc(Cl)nc21. The van der Waals surface area contributed by atoms with Crippen molar-refractivity contribution in [3.05, 3.63) is 155 Å². The Bertz CT molecular complexity index is 2390. The van der Waals surface area contributed by atoms with E-state index in [2.05, 4.69) is 24.9 Å². The lowest BCUT2D eigenvalue weighted by atomic mass is 9.97. The Balaban J connectivity index is 0.000000176. The summed E-state index contributed by atoms with van der Waals surface area (Å²) in [6.07, 6.45) is 0.699. The van der Waals surface area contributed by atoms with Gasteiger partial charge in [-0.05, 0) is 83.9 Å². The van der Waals surface area contributed by atoms with Crippen LogP contribution in [0.3, 0.4) is 0 Å². The number of nitrogens with one attached hydrogen (secondary N) is 1. The van der Waals surface area contributed by atoms with Gasteiger partial charge in [-0.3, -0.25) is 0 Å². The molecular weight excluding hydrogens is 694 g/mol. The minimum absolute atomic E-state index is 0. The summed E-state index contributed by atoms with van der Waals surface area (Å²) in [5.41, 5.74) is 6.73. The number of hydrogen-bond donors (Lipinski definition) is 1. The van der Waals surface area contributed by atoms with Crippen LogP contribution >= 0.6 is 23.2 Å². The molecule has 0 fully saturated rings. The number of aromatic amines is 1. The molecule has 257 valence electrons. The van der Waals surface area contributed by atoms with Crippen LogP contribution in [0.4, 0.5) is 0 Å². The van der Waals surface area contributed by atoms with Gasteiger partial charge in [-0.1, -0.05) is 91.3 Å². The number of pyridine rings is 2. The van der Waals surface area contributed by atoms with Gasteiger partial charge in [-0.2, -0.15) is 0 Å². The summed E-state index contributed by atoms with van der Waals surface area (Å²) in [4.78, 5) is 31.8. The maximum absolute atomic E-state index is 11.1. The molecule has 8 rings (SSSR count). The fourth-order valence-electron chi connectivity index (χ4n) is 5.25.